The van der Waals surface area contributed by atoms with E-state index >= 15 is 0 Å². The van der Waals surface area contributed by atoms with E-state index in [2.05, 4.69) is 20.4 Å². The van der Waals surface area contributed by atoms with Crippen LogP contribution in [0.2, 0.25) is 10.0 Å². The van der Waals surface area contributed by atoms with Gasteiger partial charge in [0.05, 0.1) is 12.6 Å². The van der Waals surface area contributed by atoms with Crippen molar-refractivity contribution in [2.75, 3.05) is 18.0 Å². The molecule has 34 heavy (non-hydrogen) atoms. The Labute approximate surface area is 206 Å². The average Bonchev–Trinajstić information content (AvgIpc) is 3.52. The molecule has 2 aromatic heterocycles. The molecule has 1 atom stereocenters. The van der Waals surface area contributed by atoms with Gasteiger partial charge in [0.1, 0.15) is 5.69 Å². The molecule has 5 rings (SSSR count). The van der Waals surface area contributed by atoms with Gasteiger partial charge < -0.3 is 24.7 Å². The molecule has 1 aliphatic heterocycles. The average molecular weight is 503 g/mol. The zero-order valence-corrected chi connectivity index (χ0v) is 19.8. The monoisotopic (exact) mass is 502 g/mol. The number of nitrogens with zero attached hydrogens (tertiary/aromatic N) is 5. The van der Waals surface area contributed by atoms with Crippen molar-refractivity contribution in [1.29, 1.82) is 0 Å². The van der Waals surface area contributed by atoms with Gasteiger partial charge in [-0.3, -0.25) is 0 Å². The van der Waals surface area contributed by atoms with Crippen molar-refractivity contribution in [3.05, 3.63) is 52.3 Å². The molecule has 2 amide bonds. The SMILES string of the molecule is O=C(NCc1cc(-c2cc(Cl)cc(Cl)c2)no1)N(C1CC1)[C@@H]1CCCN(c2nccc(O)n2)C1. The largest absolute Gasteiger partial charge is 0.493 e. The summed E-state index contributed by atoms with van der Waals surface area (Å²) in [5.41, 5.74) is 1.34. The number of halogens is 2. The van der Waals surface area contributed by atoms with Gasteiger partial charge in [0.2, 0.25) is 11.8 Å². The maximum absolute atomic E-state index is 13.2. The molecule has 0 unspecified atom stereocenters. The maximum atomic E-state index is 13.2. The van der Waals surface area contributed by atoms with Gasteiger partial charge >= 0.3 is 6.03 Å². The third-order valence-corrected chi connectivity index (χ3v) is 6.44. The topological polar surface area (TPSA) is 108 Å². The third-order valence-electron chi connectivity index (χ3n) is 6.01. The van der Waals surface area contributed by atoms with Gasteiger partial charge in [-0.1, -0.05) is 28.4 Å². The predicted octanol–water partition coefficient (Wildman–Crippen LogP) is 4.49. The molecule has 1 saturated carbocycles. The van der Waals surface area contributed by atoms with Crippen LogP contribution in [0, 0.1) is 0 Å². The van der Waals surface area contributed by atoms with Gasteiger partial charge in [0.25, 0.3) is 0 Å². The lowest BCUT2D eigenvalue weighted by Crippen LogP contribution is -2.54. The molecule has 2 N–H and O–H groups in total. The molecule has 1 saturated heterocycles. The summed E-state index contributed by atoms with van der Waals surface area (Å²) >= 11 is 12.2. The lowest BCUT2D eigenvalue weighted by atomic mass is 10.0. The highest BCUT2D eigenvalue weighted by atomic mass is 35.5. The number of hydrogen-bond acceptors (Lipinski definition) is 7. The van der Waals surface area contributed by atoms with Crippen molar-refractivity contribution in [2.45, 2.75) is 44.3 Å². The highest BCUT2D eigenvalue weighted by Gasteiger charge is 2.39. The van der Waals surface area contributed by atoms with Gasteiger partial charge in [-0.15, -0.1) is 0 Å². The molecule has 0 spiro atoms. The number of anilines is 1. The first-order valence-electron chi connectivity index (χ1n) is 11.2. The van der Waals surface area contributed by atoms with Gasteiger partial charge in [0, 0.05) is 53.1 Å². The molecule has 2 aliphatic rings. The quantitative estimate of drug-likeness (QED) is 0.511. The van der Waals surface area contributed by atoms with Crippen LogP contribution in [0.3, 0.4) is 0 Å². The minimum Gasteiger partial charge on any atom is -0.493 e. The summed E-state index contributed by atoms with van der Waals surface area (Å²) in [6, 6.07) is 8.52. The van der Waals surface area contributed by atoms with Gasteiger partial charge in [-0.25, -0.2) is 9.78 Å². The van der Waals surface area contributed by atoms with Crippen LogP contribution in [0.15, 0.2) is 41.1 Å². The summed E-state index contributed by atoms with van der Waals surface area (Å²) in [5, 5.41) is 17.8. The highest BCUT2D eigenvalue weighted by molar-refractivity contribution is 6.35. The fourth-order valence-electron chi connectivity index (χ4n) is 4.33. The number of piperidine rings is 1. The van der Waals surface area contributed by atoms with Crippen LogP contribution in [0.25, 0.3) is 11.3 Å². The van der Waals surface area contributed by atoms with Crippen LogP contribution in [0.5, 0.6) is 5.88 Å². The number of carbonyl (C=O) groups is 1. The van der Waals surface area contributed by atoms with Crippen LogP contribution < -0.4 is 10.2 Å². The summed E-state index contributed by atoms with van der Waals surface area (Å²) in [7, 11) is 0. The lowest BCUT2D eigenvalue weighted by Gasteiger charge is -2.39. The Bertz CT molecular complexity index is 1160. The minimum atomic E-state index is -0.130. The van der Waals surface area contributed by atoms with E-state index in [1.807, 2.05) is 9.80 Å². The van der Waals surface area contributed by atoms with Crippen molar-refractivity contribution in [2.24, 2.45) is 0 Å². The first-order valence-corrected chi connectivity index (χ1v) is 12.0. The summed E-state index contributed by atoms with van der Waals surface area (Å²) in [6.07, 6.45) is 5.34. The van der Waals surface area contributed by atoms with Crippen LogP contribution in [0.4, 0.5) is 10.7 Å². The van der Waals surface area contributed by atoms with Crippen LogP contribution in [-0.2, 0) is 6.54 Å². The Balaban J connectivity index is 1.24. The summed E-state index contributed by atoms with van der Waals surface area (Å²) in [6.45, 7) is 1.62. The van der Waals surface area contributed by atoms with E-state index < -0.39 is 0 Å². The van der Waals surface area contributed by atoms with Gasteiger partial charge in [0.15, 0.2) is 5.76 Å². The Hall–Kier alpha value is -3.04. The Morgan fingerprint density at radius 3 is 2.71 bits per heavy atom. The van der Waals surface area contributed by atoms with E-state index in [1.54, 1.807) is 24.3 Å². The molecular formula is C23H24Cl2N6O3. The predicted molar refractivity (Wildman–Crippen MR) is 128 cm³/mol. The van der Waals surface area contributed by atoms with Crippen molar-refractivity contribution in [3.8, 4) is 17.1 Å². The number of nitrogens with one attached hydrogen (secondary N) is 1. The van der Waals surface area contributed by atoms with Crippen LogP contribution >= 0.6 is 23.2 Å². The smallest absolute Gasteiger partial charge is 0.318 e. The van der Waals surface area contributed by atoms with Crippen LogP contribution in [0.1, 0.15) is 31.4 Å². The van der Waals surface area contributed by atoms with E-state index in [0.29, 0.717) is 34.0 Å². The zero-order chi connectivity index (χ0) is 23.7. The number of amides is 2. The number of carbonyl (C=O) groups excluding carboxylic acids is 1. The second-order valence-electron chi connectivity index (χ2n) is 8.59. The molecule has 178 valence electrons. The van der Waals surface area contributed by atoms with Crippen molar-refractivity contribution in [1.82, 2.24) is 25.3 Å². The number of rotatable bonds is 6. The van der Waals surface area contributed by atoms with Crippen molar-refractivity contribution >= 4 is 35.2 Å². The highest BCUT2D eigenvalue weighted by Crippen LogP contribution is 2.32. The fraction of sp³-hybridized carbons (Fsp3) is 0.391. The molecule has 0 bridgehead atoms. The molecule has 2 fully saturated rings. The third kappa shape index (κ3) is 5.20. The summed E-state index contributed by atoms with van der Waals surface area (Å²) < 4.78 is 5.42. The normalized spacial score (nSPS) is 18.1. The van der Waals surface area contributed by atoms with Crippen molar-refractivity contribution in [3.63, 3.8) is 0 Å². The standard InChI is InChI=1S/C23H24Cl2N6O3/c24-15-8-14(9-16(25)10-15)20-11-19(34-29-20)12-27-23(33)31(17-3-4-17)18-2-1-7-30(13-18)22-26-6-5-21(32)28-22/h5-6,8-11,17-18H,1-4,7,12-13H2,(H,27,33)(H,26,28,32)/t18-/m1/s1. The maximum Gasteiger partial charge on any atom is 0.318 e. The molecule has 1 aromatic carbocycles. The zero-order valence-electron chi connectivity index (χ0n) is 18.3. The second-order valence-corrected chi connectivity index (χ2v) is 9.46. The van der Waals surface area contributed by atoms with E-state index in [-0.39, 0.29) is 30.5 Å². The first-order chi connectivity index (χ1) is 16.5. The molecule has 0 radical (unpaired) electrons. The molecule has 11 heteroatoms. The number of aromatic nitrogens is 3. The summed E-state index contributed by atoms with van der Waals surface area (Å²) in [5.74, 6) is 0.958. The van der Waals surface area contributed by atoms with Gasteiger partial charge in [-0.2, -0.15) is 4.98 Å². The number of urea groups is 1. The Kier molecular flexibility index (Phi) is 6.47. The van der Waals surface area contributed by atoms with E-state index in [0.717, 1.165) is 37.8 Å². The lowest BCUT2D eigenvalue weighted by molar-refractivity contribution is 0.159. The number of benzene rings is 1. The fourth-order valence-corrected chi connectivity index (χ4v) is 4.85. The van der Waals surface area contributed by atoms with E-state index in [1.165, 1.54) is 12.3 Å². The molecule has 1 aliphatic carbocycles. The molecule has 3 aromatic rings. The number of aromatic hydroxyl groups is 1. The van der Waals surface area contributed by atoms with Gasteiger partial charge in [-0.05, 0) is 43.9 Å². The molecule has 9 nitrogen and oxygen atoms in total. The minimum absolute atomic E-state index is 0.0334. The van der Waals surface area contributed by atoms with Crippen LogP contribution in [-0.4, -0.2) is 56.3 Å². The Morgan fingerprint density at radius 1 is 1.18 bits per heavy atom. The number of hydrogen-bond donors (Lipinski definition) is 2. The van der Waals surface area contributed by atoms with E-state index in [9.17, 15) is 9.90 Å². The molecule has 3 heterocycles. The Morgan fingerprint density at radius 2 is 1.97 bits per heavy atom. The molecular weight excluding hydrogens is 479 g/mol. The second kappa shape index (κ2) is 9.68. The van der Waals surface area contributed by atoms with E-state index in [4.69, 9.17) is 27.7 Å². The summed E-state index contributed by atoms with van der Waals surface area (Å²) in [4.78, 5) is 25.6. The van der Waals surface area contributed by atoms with Crippen molar-refractivity contribution < 1.29 is 14.4 Å². The first kappa shape index (κ1) is 22.7.